The van der Waals surface area contributed by atoms with Crippen LogP contribution in [0.25, 0.3) is 6.08 Å². The summed E-state index contributed by atoms with van der Waals surface area (Å²) in [5.41, 5.74) is 5.99. The third-order valence-corrected chi connectivity index (χ3v) is 7.13. The average Bonchev–Trinajstić information content (AvgIpc) is 3.05. The second-order valence-electron chi connectivity index (χ2n) is 8.70. The molecule has 0 radical (unpaired) electrons. The SMILES string of the molecule is Cc1ccc(NC(=O)CN2C(=O)SC(=Cc3ccc(N4CCCCC4)cc3C)C2=O)cc1C. The van der Waals surface area contributed by atoms with Crippen LogP contribution in [-0.4, -0.2) is 41.6 Å². The van der Waals surface area contributed by atoms with Crippen molar-refractivity contribution in [3.63, 3.8) is 0 Å². The summed E-state index contributed by atoms with van der Waals surface area (Å²) < 4.78 is 0. The molecule has 4 rings (SSSR count). The van der Waals surface area contributed by atoms with Crippen LogP contribution in [-0.2, 0) is 9.59 Å². The van der Waals surface area contributed by atoms with Crippen molar-refractivity contribution in [2.24, 2.45) is 0 Å². The maximum Gasteiger partial charge on any atom is 0.294 e. The van der Waals surface area contributed by atoms with E-state index < -0.39 is 17.1 Å². The molecule has 2 aliphatic heterocycles. The highest BCUT2D eigenvalue weighted by molar-refractivity contribution is 8.18. The van der Waals surface area contributed by atoms with Crippen molar-refractivity contribution in [3.8, 4) is 0 Å². The number of anilines is 2. The molecule has 2 heterocycles. The Morgan fingerprint density at radius 3 is 2.42 bits per heavy atom. The molecular formula is C26H29N3O3S. The summed E-state index contributed by atoms with van der Waals surface area (Å²) in [5, 5.41) is 2.34. The first-order chi connectivity index (χ1) is 15.8. The van der Waals surface area contributed by atoms with Crippen LogP contribution >= 0.6 is 11.8 Å². The van der Waals surface area contributed by atoms with E-state index in [-0.39, 0.29) is 6.54 Å². The Bertz CT molecular complexity index is 1140. The van der Waals surface area contributed by atoms with Crippen LogP contribution in [0, 0.1) is 20.8 Å². The zero-order chi connectivity index (χ0) is 23.5. The lowest BCUT2D eigenvalue weighted by molar-refractivity contribution is -0.127. The van der Waals surface area contributed by atoms with Gasteiger partial charge in [0.15, 0.2) is 0 Å². The Kier molecular flexibility index (Phi) is 6.88. The fourth-order valence-corrected chi connectivity index (χ4v) is 4.94. The van der Waals surface area contributed by atoms with Crippen LogP contribution in [0.15, 0.2) is 41.3 Å². The quantitative estimate of drug-likeness (QED) is 0.611. The number of piperidine rings is 1. The molecule has 0 atom stereocenters. The molecule has 2 aromatic carbocycles. The highest BCUT2D eigenvalue weighted by atomic mass is 32.2. The van der Waals surface area contributed by atoms with Gasteiger partial charge in [-0.05, 0) is 104 Å². The zero-order valence-corrected chi connectivity index (χ0v) is 20.1. The van der Waals surface area contributed by atoms with E-state index in [0.29, 0.717) is 10.6 Å². The first kappa shape index (κ1) is 23.1. The van der Waals surface area contributed by atoms with Gasteiger partial charge in [-0.3, -0.25) is 19.3 Å². The summed E-state index contributed by atoms with van der Waals surface area (Å²) in [5.74, 6) is -0.830. The van der Waals surface area contributed by atoms with Crippen molar-refractivity contribution in [1.29, 1.82) is 0 Å². The van der Waals surface area contributed by atoms with Gasteiger partial charge in [-0.1, -0.05) is 12.1 Å². The molecule has 33 heavy (non-hydrogen) atoms. The molecule has 2 saturated heterocycles. The molecule has 0 bridgehead atoms. The number of imide groups is 1. The predicted octanol–water partition coefficient (Wildman–Crippen LogP) is 5.28. The van der Waals surface area contributed by atoms with E-state index in [1.807, 2.05) is 45.0 Å². The van der Waals surface area contributed by atoms with Gasteiger partial charge in [-0.25, -0.2) is 0 Å². The largest absolute Gasteiger partial charge is 0.372 e. The standard InChI is InChI=1S/C26H29N3O3S/c1-17-7-9-21(13-18(17)2)27-24(30)16-29-25(31)23(33-26(29)32)15-20-8-10-22(14-19(20)3)28-11-5-4-6-12-28/h7-10,13-15H,4-6,11-12,16H2,1-3H3,(H,27,30). The lowest BCUT2D eigenvalue weighted by atomic mass is 10.0. The van der Waals surface area contributed by atoms with E-state index >= 15 is 0 Å². The molecule has 172 valence electrons. The van der Waals surface area contributed by atoms with E-state index in [4.69, 9.17) is 0 Å². The van der Waals surface area contributed by atoms with Crippen LogP contribution in [0.3, 0.4) is 0 Å². The molecule has 2 fully saturated rings. The third-order valence-electron chi connectivity index (χ3n) is 6.23. The van der Waals surface area contributed by atoms with E-state index in [9.17, 15) is 14.4 Å². The number of thioether (sulfide) groups is 1. The van der Waals surface area contributed by atoms with E-state index in [1.165, 1.54) is 24.9 Å². The van der Waals surface area contributed by atoms with Crippen LogP contribution < -0.4 is 10.2 Å². The van der Waals surface area contributed by atoms with Gasteiger partial charge in [0.2, 0.25) is 5.91 Å². The summed E-state index contributed by atoms with van der Waals surface area (Å²) in [6, 6.07) is 11.8. The van der Waals surface area contributed by atoms with Crippen LogP contribution in [0.1, 0.15) is 41.5 Å². The number of carbonyl (C=O) groups excluding carboxylic acids is 3. The molecule has 1 N–H and O–H groups in total. The van der Waals surface area contributed by atoms with Crippen LogP contribution in [0.4, 0.5) is 16.2 Å². The van der Waals surface area contributed by atoms with Crippen molar-refractivity contribution in [2.75, 3.05) is 29.9 Å². The van der Waals surface area contributed by atoms with Gasteiger partial charge >= 0.3 is 0 Å². The second-order valence-corrected chi connectivity index (χ2v) is 9.70. The number of nitrogens with one attached hydrogen (secondary N) is 1. The fourth-order valence-electron chi connectivity index (χ4n) is 4.11. The Labute approximate surface area is 199 Å². The first-order valence-corrected chi connectivity index (χ1v) is 12.1. The summed E-state index contributed by atoms with van der Waals surface area (Å²) in [4.78, 5) is 41.5. The van der Waals surface area contributed by atoms with Crippen LogP contribution in [0.5, 0.6) is 0 Å². The van der Waals surface area contributed by atoms with E-state index in [2.05, 4.69) is 22.3 Å². The predicted molar refractivity (Wildman–Crippen MR) is 134 cm³/mol. The lowest BCUT2D eigenvalue weighted by Crippen LogP contribution is -2.36. The molecule has 7 heteroatoms. The monoisotopic (exact) mass is 463 g/mol. The number of benzene rings is 2. The van der Waals surface area contributed by atoms with Crippen molar-refractivity contribution in [3.05, 3.63) is 63.6 Å². The molecule has 0 aromatic heterocycles. The number of hydrogen-bond donors (Lipinski definition) is 1. The summed E-state index contributed by atoms with van der Waals surface area (Å²) in [6.07, 6.45) is 5.46. The van der Waals surface area contributed by atoms with E-state index in [0.717, 1.165) is 52.0 Å². The molecule has 0 aliphatic carbocycles. The number of aryl methyl sites for hydroxylation is 3. The van der Waals surface area contributed by atoms with Crippen molar-refractivity contribution in [1.82, 2.24) is 4.90 Å². The summed E-state index contributed by atoms with van der Waals surface area (Å²) >= 11 is 0.878. The summed E-state index contributed by atoms with van der Waals surface area (Å²) in [6.45, 7) is 7.82. The Balaban J connectivity index is 1.44. The van der Waals surface area contributed by atoms with Gasteiger partial charge < -0.3 is 10.2 Å². The maximum absolute atomic E-state index is 12.9. The minimum atomic E-state index is -0.431. The first-order valence-electron chi connectivity index (χ1n) is 11.3. The molecule has 0 spiro atoms. The number of nitrogens with zero attached hydrogens (tertiary/aromatic N) is 2. The van der Waals surface area contributed by atoms with Crippen molar-refractivity contribution >= 4 is 46.3 Å². The normalized spacial score (nSPS) is 17.7. The minimum Gasteiger partial charge on any atom is -0.372 e. The molecule has 3 amide bonds. The third kappa shape index (κ3) is 5.30. The Morgan fingerprint density at radius 2 is 1.73 bits per heavy atom. The second kappa shape index (κ2) is 9.83. The highest BCUT2D eigenvalue weighted by Gasteiger charge is 2.36. The van der Waals surface area contributed by atoms with Crippen molar-refractivity contribution < 1.29 is 14.4 Å². The average molecular weight is 464 g/mol. The minimum absolute atomic E-state index is 0.304. The van der Waals surface area contributed by atoms with Gasteiger partial charge in [-0.2, -0.15) is 0 Å². The van der Waals surface area contributed by atoms with E-state index in [1.54, 1.807) is 6.08 Å². The maximum atomic E-state index is 12.9. The van der Waals surface area contributed by atoms with Gasteiger partial charge in [0.1, 0.15) is 6.54 Å². The van der Waals surface area contributed by atoms with Gasteiger partial charge in [0.25, 0.3) is 11.1 Å². The fraction of sp³-hybridized carbons (Fsp3) is 0.346. The molecule has 2 aliphatic rings. The molecule has 6 nitrogen and oxygen atoms in total. The molecule has 0 saturated carbocycles. The number of rotatable bonds is 5. The summed E-state index contributed by atoms with van der Waals surface area (Å²) in [7, 11) is 0. The molecule has 2 aromatic rings. The van der Waals surface area contributed by atoms with Gasteiger partial charge in [-0.15, -0.1) is 0 Å². The smallest absolute Gasteiger partial charge is 0.294 e. The van der Waals surface area contributed by atoms with Gasteiger partial charge in [0, 0.05) is 24.5 Å². The zero-order valence-electron chi connectivity index (χ0n) is 19.3. The Hall–Kier alpha value is -3.06. The number of carbonyl (C=O) groups is 3. The van der Waals surface area contributed by atoms with Gasteiger partial charge in [0.05, 0.1) is 4.91 Å². The van der Waals surface area contributed by atoms with Crippen molar-refractivity contribution in [2.45, 2.75) is 40.0 Å². The number of amides is 3. The number of hydrogen-bond acceptors (Lipinski definition) is 5. The molecule has 0 unspecified atom stereocenters. The molecular weight excluding hydrogens is 434 g/mol. The topological polar surface area (TPSA) is 69.7 Å². The van der Waals surface area contributed by atoms with Crippen LogP contribution in [0.2, 0.25) is 0 Å². The Morgan fingerprint density at radius 1 is 0.970 bits per heavy atom. The lowest BCUT2D eigenvalue weighted by Gasteiger charge is -2.29. The highest BCUT2D eigenvalue weighted by Crippen LogP contribution is 2.33.